The van der Waals surface area contributed by atoms with Crippen molar-refractivity contribution in [1.82, 2.24) is 0 Å². The van der Waals surface area contributed by atoms with Crippen molar-refractivity contribution >= 4 is 22.6 Å². The fourth-order valence-electron chi connectivity index (χ4n) is 2.03. The van der Waals surface area contributed by atoms with Gasteiger partial charge in [0.05, 0.1) is 19.8 Å². The highest BCUT2D eigenvalue weighted by Crippen LogP contribution is 2.35. The van der Waals surface area contributed by atoms with Crippen molar-refractivity contribution in [2.45, 2.75) is 18.4 Å². The van der Waals surface area contributed by atoms with Crippen LogP contribution in [0.3, 0.4) is 0 Å². The van der Waals surface area contributed by atoms with E-state index in [1.807, 2.05) is 12.1 Å². The van der Waals surface area contributed by atoms with Crippen LogP contribution in [-0.4, -0.2) is 24.2 Å². The first-order chi connectivity index (χ1) is 7.35. The van der Waals surface area contributed by atoms with Gasteiger partial charge in [0.25, 0.3) is 0 Å². The number of benzene rings is 1. The van der Waals surface area contributed by atoms with Crippen LogP contribution < -0.4 is 4.74 Å². The molecule has 0 unspecified atom stereocenters. The molecule has 1 heterocycles. The van der Waals surface area contributed by atoms with E-state index in [2.05, 4.69) is 34.7 Å². The van der Waals surface area contributed by atoms with Gasteiger partial charge in [-0.2, -0.15) is 0 Å². The van der Waals surface area contributed by atoms with Crippen molar-refractivity contribution in [3.05, 3.63) is 29.8 Å². The molecule has 2 nitrogen and oxygen atoms in total. The van der Waals surface area contributed by atoms with E-state index < -0.39 is 0 Å². The molecule has 1 aliphatic rings. The topological polar surface area (TPSA) is 18.5 Å². The van der Waals surface area contributed by atoms with E-state index in [1.165, 1.54) is 5.56 Å². The zero-order chi connectivity index (χ0) is 10.7. The Morgan fingerprint density at radius 1 is 1.47 bits per heavy atom. The predicted molar refractivity (Wildman–Crippen MR) is 69.0 cm³/mol. The molecule has 2 rings (SSSR count). The van der Waals surface area contributed by atoms with E-state index in [9.17, 15) is 0 Å². The number of hydrogen-bond acceptors (Lipinski definition) is 2. The molecule has 1 aliphatic heterocycles. The Bertz CT molecular complexity index is 327. The molecule has 82 valence electrons. The maximum absolute atomic E-state index is 5.71. The molecular weight excluding hydrogens is 303 g/mol. The van der Waals surface area contributed by atoms with Crippen LogP contribution in [-0.2, 0) is 4.74 Å². The average Bonchev–Trinajstić information content (AvgIpc) is 2.77. The molecule has 0 amide bonds. The monoisotopic (exact) mass is 318 g/mol. The summed E-state index contributed by atoms with van der Waals surface area (Å²) in [7, 11) is 1.73. The molecule has 0 spiro atoms. The quantitative estimate of drug-likeness (QED) is 0.630. The van der Waals surface area contributed by atoms with Crippen LogP contribution in [0.5, 0.6) is 5.75 Å². The first kappa shape index (κ1) is 11.2. The van der Waals surface area contributed by atoms with Crippen molar-refractivity contribution in [1.29, 1.82) is 0 Å². The Balaban J connectivity index is 2.16. The number of alkyl halides is 1. The van der Waals surface area contributed by atoms with Gasteiger partial charge in [0.1, 0.15) is 5.75 Å². The number of hydrogen-bond donors (Lipinski definition) is 0. The fraction of sp³-hybridized carbons (Fsp3) is 0.500. The molecule has 15 heavy (non-hydrogen) atoms. The third-order valence-electron chi connectivity index (χ3n) is 2.83. The second-order valence-electron chi connectivity index (χ2n) is 3.78. The van der Waals surface area contributed by atoms with Crippen LogP contribution in [0, 0.1) is 0 Å². The third-order valence-corrected chi connectivity index (χ3v) is 3.81. The molecule has 0 bridgehead atoms. The molecular formula is C12H15IO2. The molecule has 1 aromatic carbocycles. The summed E-state index contributed by atoms with van der Waals surface area (Å²) in [5.41, 5.74) is 1.28. The van der Waals surface area contributed by atoms with Crippen LogP contribution in [0.4, 0.5) is 0 Å². The van der Waals surface area contributed by atoms with E-state index in [-0.39, 0.29) is 0 Å². The van der Waals surface area contributed by atoms with Gasteiger partial charge in [-0.05, 0) is 18.1 Å². The maximum Gasteiger partial charge on any atom is 0.122 e. The summed E-state index contributed by atoms with van der Waals surface area (Å²) in [6.45, 7) is 0.827. The fourth-order valence-corrected chi connectivity index (χ4v) is 2.65. The van der Waals surface area contributed by atoms with Gasteiger partial charge < -0.3 is 9.47 Å². The minimum absolute atomic E-state index is 0.417. The van der Waals surface area contributed by atoms with Gasteiger partial charge in [-0.25, -0.2) is 0 Å². The lowest BCUT2D eigenvalue weighted by molar-refractivity contribution is 0.129. The normalized spacial score (nSPS) is 25.5. The predicted octanol–water partition coefficient (Wildman–Crippen LogP) is 3.00. The second kappa shape index (κ2) is 5.16. The van der Waals surface area contributed by atoms with Gasteiger partial charge in [-0.15, -0.1) is 0 Å². The van der Waals surface area contributed by atoms with Crippen molar-refractivity contribution in [3.63, 3.8) is 0 Å². The molecule has 0 radical (unpaired) electrons. The van der Waals surface area contributed by atoms with Gasteiger partial charge in [0, 0.05) is 10.3 Å². The largest absolute Gasteiger partial charge is 0.496 e. The minimum Gasteiger partial charge on any atom is -0.496 e. The Hall–Kier alpha value is -0.290. The lowest BCUT2D eigenvalue weighted by atomic mass is 9.96. The zero-order valence-electron chi connectivity index (χ0n) is 8.78. The second-order valence-corrected chi connectivity index (χ2v) is 4.67. The number of ether oxygens (including phenoxy) is 2. The van der Waals surface area contributed by atoms with Crippen molar-refractivity contribution in [2.75, 3.05) is 18.1 Å². The molecule has 2 atom stereocenters. The smallest absolute Gasteiger partial charge is 0.122 e. The van der Waals surface area contributed by atoms with Crippen LogP contribution >= 0.6 is 22.6 Å². The first-order valence-corrected chi connectivity index (χ1v) is 6.68. The van der Waals surface area contributed by atoms with Gasteiger partial charge >= 0.3 is 0 Å². The van der Waals surface area contributed by atoms with Gasteiger partial charge in [0.15, 0.2) is 0 Å². The van der Waals surface area contributed by atoms with Crippen LogP contribution in [0.2, 0.25) is 0 Å². The van der Waals surface area contributed by atoms with Crippen molar-refractivity contribution in [3.8, 4) is 5.75 Å². The lowest BCUT2D eigenvalue weighted by Gasteiger charge is -2.12. The summed E-state index contributed by atoms with van der Waals surface area (Å²) in [5, 5.41) is 0. The van der Waals surface area contributed by atoms with Crippen LogP contribution in [0.15, 0.2) is 24.3 Å². The lowest BCUT2D eigenvalue weighted by Crippen LogP contribution is -2.05. The summed E-state index contributed by atoms with van der Waals surface area (Å²) in [5.74, 6) is 1.49. The minimum atomic E-state index is 0.417. The average molecular weight is 318 g/mol. The van der Waals surface area contributed by atoms with E-state index in [0.29, 0.717) is 12.0 Å². The number of para-hydroxylation sites is 1. The third kappa shape index (κ3) is 2.45. The van der Waals surface area contributed by atoms with Crippen LogP contribution in [0.25, 0.3) is 0 Å². The molecule has 1 saturated heterocycles. The van der Waals surface area contributed by atoms with Crippen molar-refractivity contribution in [2.24, 2.45) is 0 Å². The molecule has 0 aromatic heterocycles. The van der Waals surface area contributed by atoms with Gasteiger partial charge in [-0.3, -0.25) is 0 Å². The highest BCUT2D eigenvalue weighted by atomic mass is 127. The molecule has 0 aliphatic carbocycles. The Labute approximate surface area is 104 Å². The molecule has 0 saturated carbocycles. The maximum atomic E-state index is 5.71. The van der Waals surface area contributed by atoms with E-state index in [4.69, 9.17) is 9.47 Å². The molecule has 1 aromatic rings. The molecule has 1 fully saturated rings. The number of halogens is 1. The number of methoxy groups -OCH3 is 1. The Kier molecular flexibility index (Phi) is 3.86. The first-order valence-electron chi connectivity index (χ1n) is 5.15. The van der Waals surface area contributed by atoms with Gasteiger partial charge in [-0.1, -0.05) is 40.8 Å². The van der Waals surface area contributed by atoms with E-state index in [1.54, 1.807) is 7.11 Å². The summed E-state index contributed by atoms with van der Waals surface area (Å²) >= 11 is 2.38. The summed E-state index contributed by atoms with van der Waals surface area (Å²) in [6, 6.07) is 8.23. The standard InChI is InChI=1S/C12H15IO2/c1-14-12-5-3-2-4-11(12)9-6-10(7-13)15-8-9/h2-5,9-10H,6-8H2,1H3/t9-,10-/m0/s1. The van der Waals surface area contributed by atoms with Gasteiger partial charge in [0.2, 0.25) is 0 Å². The van der Waals surface area contributed by atoms with E-state index >= 15 is 0 Å². The summed E-state index contributed by atoms with van der Waals surface area (Å²) in [4.78, 5) is 0. The number of rotatable bonds is 3. The highest BCUT2D eigenvalue weighted by molar-refractivity contribution is 14.1. The zero-order valence-corrected chi connectivity index (χ0v) is 10.9. The molecule has 0 N–H and O–H groups in total. The SMILES string of the molecule is COc1ccccc1[C@@H]1CO[C@H](CI)C1. The van der Waals surface area contributed by atoms with Crippen LogP contribution in [0.1, 0.15) is 17.9 Å². The molecule has 3 heteroatoms. The summed E-state index contributed by atoms with van der Waals surface area (Å²) in [6.07, 6.45) is 1.53. The summed E-state index contributed by atoms with van der Waals surface area (Å²) < 4.78 is 12.1. The van der Waals surface area contributed by atoms with Crippen molar-refractivity contribution < 1.29 is 9.47 Å². The highest BCUT2D eigenvalue weighted by Gasteiger charge is 2.27. The Morgan fingerprint density at radius 3 is 2.93 bits per heavy atom. The Morgan fingerprint density at radius 2 is 2.27 bits per heavy atom. The van der Waals surface area contributed by atoms with E-state index in [0.717, 1.165) is 23.2 Å².